The minimum atomic E-state index is 0.204. The lowest BCUT2D eigenvalue weighted by Crippen LogP contribution is -2.14. The van der Waals surface area contributed by atoms with Crippen molar-refractivity contribution in [2.45, 2.75) is 42.2 Å². The van der Waals surface area contributed by atoms with Crippen molar-refractivity contribution in [2.75, 3.05) is 0 Å². The van der Waals surface area contributed by atoms with E-state index in [4.69, 9.17) is 0 Å². The Morgan fingerprint density at radius 3 is 2.67 bits per heavy atom. The van der Waals surface area contributed by atoms with Gasteiger partial charge in [0.05, 0.1) is 5.25 Å². The Balaban J connectivity index is 2.01. The molecule has 0 N–H and O–H groups in total. The van der Waals surface area contributed by atoms with E-state index in [0.29, 0.717) is 5.78 Å². The molecule has 1 aliphatic rings. The molecule has 2 heteroatoms. The SMILES string of the molecule is O=C1CCCCCC1Sc1ccccc1. The molecule has 0 saturated heterocycles. The molecule has 0 aliphatic heterocycles. The molecule has 1 unspecified atom stereocenters. The number of carbonyl (C=O) groups is 1. The van der Waals surface area contributed by atoms with E-state index >= 15 is 0 Å². The number of benzene rings is 1. The van der Waals surface area contributed by atoms with Crippen molar-refractivity contribution in [1.82, 2.24) is 0 Å². The van der Waals surface area contributed by atoms with E-state index < -0.39 is 0 Å². The van der Waals surface area contributed by atoms with Crippen molar-refractivity contribution < 1.29 is 4.79 Å². The summed E-state index contributed by atoms with van der Waals surface area (Å²) in [5.74, 6) is 0.446. The lowest BCUT2D eigenvalue weighted by Gasteiger charge is -2.11. The van der Waals surface area contributed by atoms with Crippen LogP contribution in [0.5, 0.6) is 0 Å². The van der Waals surface area contributed by atoms with Crippen LogP contribution in [0.25, 0.3) is 0 Å². The highest BCUT2D eigenvalue weighted by atomic mass is 32.2. The first-order chi connectivity index (χ1) is 7.36. The van der Waals surface area contributed by atoms with Gasteiger partial charge in [0.15, 0.2) is 0 Å². The standard InChI is InChI=1S/C13H16OS/c14-12-9-5-2-6-10-13(12)15-11-7-3-1-4-8-11/h1,3-4,7-8,13H,2,5-6,9-10H2. The summed E-state index contributed by atoms with van der Waals surface area (Å²) in [5, 5.41) is 0.204. The van der Waals surface area contributed by atoms with E-state index in [1.54, 1.807) is 11.8 Å². The average Bonchev–Trinajstić information content (AvgIpc) is 2.46. The normalized spacial score (nSPS) is 22.4. The van der Waals surface area contributed by atoms with Gasteiger partial charge in [0.25, 0.3) is 0 Å². The summed E-state index contributed by atoms with van der Waals surface area (Å²) < 4.78 is 0. The van der Waals surface area contributed by atoms with Gasteiger partial charge in [-0.1, -0.05) is 31.0 Å². The lowest BCUT2D eigenvalue weighted by atomic mass is 10.2. The van der Waals surface area contributed by atoms with E-state index in [0.717, 1.165) is 19.3 Å². The van der Waals surface area contributed by atoms with Gasteiger partial charge >= 0.3 is 0 Å². The maximum Gasteiger partial charge on any atom is 0.146 e. The van der Waals surface area contributed by atoms with Gasteiger partial charge in [-0.05, 0) is 25.0 Å². The third kappa shape index (κ3) is 3.10. The van der Waals surface area contributed by atoms with Crippen LogP contribution < -0.4 is 0 Å². The van der Waals surface area contributed by atoms with E-state index in [1.807, 2.05) is 18.2 Å². The first-order valence-electron chi connectivity index (χ1n) is 5.61. The van der Waals surface area contributed by atoms with Crippen LogP contribution in [-0.2, 0) is 4.79 Å². The van der Waals surface area contributed by atoms with Gasteiger partial charge in [0, 0.05) is 11.3 Å². The van der Waals surface area contributed by atoms with Crippen LogP contribution in [0.15, 0.2) is 35.2 Å². The molecule has 15 heavy (non-hydrogen) atoms. The molecule has 1 aliphatic carbocycles. The Morgan fingerprint density at radius 2 is 1.87 bits per heavy atom. The van der Waals surface area contributed by atoms with Crippen molar-refractivity contribution in [3.63, 3.8) is 0 Å². The summed E-state index contributed by atoms with van der Waals surface area (Å²) in [6.07, 6.45) is 5.35. The summed E-state index contributed by atoms with van der Waals surface area (Å²) in [6.45, 7) is 0. The number of rotatable bonds is 2. The fraction of sp³-hybridized carbons (Fsp3) is 0.462. The Morgan fingerprint density at radius 1 is 1.07 bits per heavy atom. The number of hydrogen-bond donors (Lipinski definition) is 0. The third-order valence-corrected chi connectivity index (χ3v) is 4.10. The molecule has 1 aromatic carbocycles. The van der Waals surface area contributed by atoms with E-state index in [9.17, 15) is 4.79 Å². The number of hydrogen-bond acceptors (Lipinski definition) is 2. The van der Waals surface area contributed by atoms with Crippen LogP contribution in [0, 0.1) is 0 Å². The van der Waals surface area contributed by atoms with E-state index in [2.05, 4.69) is 12.1 Å². The van der Waals surface area contributed by atoms with E-state index in [1.165, 1.54) is 17.7 Å². The van der Waals surface area contributed by atoms with Gasteiger partial charge in [0.2, 0.25) is 0 Å². The summed E-state index contributed by atoms with van der Waals surface area (Å²) in [4.78, 5) is 13.0. The largest absolute Gasteiger partial charge is 0.298 e. The van der Waals surface area contributed by atoms with Gasteiger partial charge < -0.3 is 0 Å². The van der Waals surface area contributed by atoms with Gasteiger partial charge in [0.1, 0.15) is 5.78 Å². The van der Waals surface area contributed by atoms with E-state index in [-0.39, 0.29) is 5.25 Å². The maximum atomic E-state index is 11.8. The number of ketones is 1. The first-order valence-corrected chi connectivity index (χ1v) is 6.48. The Kier molecular flexibility index (Phi) is 3.84. The van der Waals surface area contributed by atoms with Crippen molar-refractivity contribution in [2.24, 2.45) is 0 Å². The van der Waals surface area contributed by atoms with Gasteiger partial charge in [-0.15, -0.1) is 11.8 Å². The van der Waals surface area contributed by atoms with Crippen molar-refractivity contribution in [1.29, 1.82) is 0 Å². The third-order valence-electron chi connectivity index (χ3n) is 2.77. The molecule has 1 atom stereocenters. The second kappa shape index (κ2) is 5.36. The van der Waals surface area contributed by atoms with Crippen LogP contribution >= 0.6 is 11.8 Å². The molecule has 80 valence electrons. The molecule has 0 bridgehead atoms. The molecule has 1 aromatic rings. The van der Waals surface area contributed by atoms with Crippen LogP contribution in [0.3, 0.4) is 0 Å². The molecule has 1 fully saturated rings. The predicted molar refractivity (Wildman–Crippen MR) is 64.2 cm³/mol. The highest BCUT2D eigenvalue weighted by molar-refractivity contribution is 8.00. The maximum absolute atomic E-state index is 11.8. The van der Waals surface area contributed by atoms with Crippen molar-refractivity contribution in [3.05, 3.63) is 30.3 Å². The summed E-state index contributed by atoms with van der Waals surface area (Å²) in [5.41, 5.74) is 0. The van der Waals surface area contributed by atoms with Crippen LogP contribution in [-0.4, -0.2) is 11.0 Å². The Labute approximate surface area is 95.3 Å². The molecule has 2 rings (SSSR count). The highest BCUT2D eigenvalue weighted by Gasteiger charge is 2.21. The van der Waals surface area contributed by atoms with Gasteiger partial charge in [-0.3, -0.25) is 4.79 Å². The zero-order valence-corrected chi connectivity index (χ0v) is 9.63. The fourth-order valence-electron chi connectivity index (χ4n) is 1.92. The number of Topliss-reactive ketones (excluding diaryl/α,β-unsaturated/α-hetero) is 1. The average molecular weight is 220 g/mol. The molecule has 0 radical (unpaired) electrons. The molecule has 1 saturated carbocycles. The topological polar surface area (TPSA) is 17.1 Å². The quantitative estimate of drug-likeness (QED) is 0.707. The summed E-state index contributed by atoms with van der Waals surface area (Å²) >= 11 is 1.74. The zero-order valence-electron chi connectivity index (χ0n) is 8.82. The molecule has 0 spiro atoms. The van der Waals surface area contributed by atoms with Gasteiger partial charge in [-0.2, -0.15) is 0 Å². The van der Waals surface area contributed by atoms with Crippen molar-refractivity contribution >= 4 is 17.5 Å². The summed E-state index contributed by atoms with van der Waals surface area (Å²) in [6, 6.07) is 10.2. The number of thioether (sulfide) groups is 1. The zero-order chi connectivity index (χ0) is 10.5. The minimum Gasteiger partial charge on any atom is -0.298 e. The minimum absolute atomic E-state index is 0.204. The van der Waals surface area contributed by atoms with Crippen LogP contribution in [0.4, 0.5) is 0 Å². The first kappa shape index (κ1) is 10.7. The van der Waals surface area contributed by atoms with Crippen LogP contribution in [0.1, 0.15) is 32.1 Å². The fourth-order valence-corrected chi connectivity index (χ4v) is 3.09. The Bertz CT molecular complexity index is 321. The summed E-state index contributed by atoms with van der Waals surface area (Å²) in [7, 11) is 0. The second-order valence-electron chi connectivity index (χ2n) is 3.99. The monoisotopic (exact) mass is 220 g/mol. The molecule has 0 heterocycles. The highest BCUT2D eigenvalue weighted by Crippen LogP contribution is 2.30. The smallest absolute Gasteiger partial charge is 0.146 e. The number of carbonyl (C=O) groups excluding carboxylic acids is 1. The van der Waals surface area contributed by atoms with Crippen LogP contribution in [0.2, 0.25) is 0 Å². The Hall–Kier alpha value is -0.760. The molecule has 0 aromatic heterocycles. The molecule has 1 nitrogen and oxygen atoms in total. The molecule has 0 amide bonds. The lowest BCUT2D eigenvalue weighted by molar-refractivity contribution is -0.118. The molecular formula is C13H16OS. The molecular weight excluding hydrogens is 204 g/mol. The predicted octanol–water partition coefficient (Wildman–Crippen LogP) is 3.68. The van der Waals surface area contributed by atoms with Crippen molar-refractivity contribution in [3.8, 4) is 0 Å². The second-order valence-corrected chi connectivity index (χ2v) is 5.26. The van der Waals surface area contributed by atoms with Gasteiger partial charge in [-0.25, -0.2) is 0 Å².